The van der Waals surface area contributed by atoms with E-state index in [1.54, 1.807) is 41.8 Å². The molecule has 0 spiro atoms. The number of thioether (sulfide) groups is 1. The van der Waals surface area contributed by atoms with Crippen molar-refractivity contribution in [2.24, 2.45) is 0 Å². The lowest BCUT2D eigenvalue weighted by molar-refractivity contribution is -0.123. The van der Waals surface area contributed by atoms with Crippen molar-refractivity contribution in [3.8, 4) is 5.75 Å². The summed E-state index contributed by atoms with van der Waals surface area (Å²) < 4.78 is 32.0. The number of anilines is 1. The Hall–Kier alpha value is -1.75. The fourth-order valence-corrected chi connectivity index (χ4v) is 5.39. The van der Waals surface area contributed by atoms with Crippen LogP contribution < -0.4 is 14.4 Å². The smallest absolute Gasteiger partial charge is 0.273 e. The molecule has 1 heterocycles. The topological polar surface area (TPSA) is 95.9 Å². The molecule has 154 valence electrons. The molecule has 0 fully saturated rings. The Morgan fingerprint density at radius 1 is 1.32 bits per heavy atom. The molecule has 0 aliphatic rings. The minimum absolute atomic E-state index is 0.0210. The first-order valence-electron chi connectivity index (χ1n) is 8.48. The minimum atomic E-state index is -3.59. The van der Waals surface area contributed by atoms with Gasteiger partial charge in [-0.25, -0.2) is 8.42 Å². The van der Waals surface area contributed by atoms with Gasteiger partial charge in [0.1, 0.15) is 9.96 Å². The molecule has 1 aromatic heterocycles. The molecule has 0 aliphatic carbocycles. The van der Waals surface area contributed by atoms with Gasteiger partial charge in [0.2, 0.25) is 0 Å². The number of thiophene rings is 1. The Balaban J connectivity index is 1.93. The van der Waals surface area contributed by atoms with Crippen LogP contribution in [0.25, 0.3) is 0 Å². The normalized spacial score (nSPS) is 13.6. The first kappa shape index (κ1) is 22.5. The summed E-state index contributed by atoms with van der Waals surface area (Å²) in [5.74, 6) is 0.165. The van der Waals surface area contributed by atoms with Crippen LogP contribution in [0, 0.1) is 0 Å². The van der Waals surface area contributed by atoms with Crippen LogP contribution in [0.1, 0.15) is 6.92 Å². The molecule has 1 aromatic carbocycles. The van der Waals surface area contributed by atoms with Gasteiger partial charge in [0.25, 0.3) is 15.9 Å². The molecule has 0 saturated carbocycles. The molecule has 2 N–H and O–H groups in total. The van der Waals surface area contributed by atoms with Crippen LogP contribution in [0.15, 0.2) is 46.0 Å². The van der Waals surface area contributed by atoms with Crippen LogP contribution in [-0.4, -0.2) is 57.2 Å². The van der Waals surface area contributed by atoms with Crippen LogP contribution in [-0.2, 0) is 14.8 Å². The van der Waals surface area contributed by atoms with E-state index < -0.39 is 10.0 Å². The maximum atomic E-state index is 12.5. The van der Waals surface area contributed by atoms with E-state index in [0.717, 1.165) is 11.3 Å². The minimum Gasteiger partial charge on any atom is -0.484 e. The van der Waals surface area contributed by atoms with Crippen LogP contribution in [0.3, 0.4) is 0 Å². The second kappa shape index (κ2) is 10.1. The van der Waals surface area contributed by atoms with Gasteiger partial charge in [0.05, 0.1) is 12.3 Å². The summed E-state index contributed by atoms with van der Waals surface area (Å²) in [6.45, 7) is 1.64. The van der Waals surface area contributed by atoms with E-state index in [4.69, 9.17) is 4.74 Å². The number of hydrogen-bond donors (Lipinski definition) is 2. The zero-order valence-electron chi connectivity index (χ0n) is 15.9. The molecule has 0 aliphatic heterocycles. The first-order valence-corrected chi connectivity index (χ1v) is 12.1. The van der Waals surface area contributed by atoms with Gasteiger partial charge in [-0.1, -0.05) is 6.07 Å². The fraction of sp³-hybridized carbons (Fsp3) is 0.389. The second-order valence-corrected chi connectivity index (χ2v) is 10.2. The number of ether oxygens (including phenoxy) is 1. The van der Waals surface area contributed by atoms with E-state index in [0.29, 0.717) is 11.4 Å². The van der Waals surface area contributed by atoms with Gasteiger partial charge in [-0.2, -0.15) is 11.8 Å². The number of carbonyl (C=O) groups is 1. The number of nitrogens with one attached hydrogen (secondary N) is 1. The van der Waals surface area contributed by atoms with E-state index in [9.17, 15) is 18.3 Å². The van der Waals surface area contributed by atoms with E-state index in [1.165, 1.54) is 23.1 Å². The molecule has 10 heteroatoms. The molecule has 0 bridgehead atoms. The van der Waals surface area contributed by atoms with Crippen molar-refractivity contribution in [3.63, 3.8) is 0 Å². The number of amides is 1. The van der Waals surface area contributed by atoms with E-state index in [2.05, 4.69) is 5.32 Å². The Morgan fingerprint density at radius 3 is 2.54 bits per heavy atom. The number of benzene rings is 1. The lowest BCUT2D eigenvalue weighted by atomic mass is 10.2. The molecule has 1 amide bonds. The quantitative estimate of drug-likeness (QED) is 0.583. The predicted molar refractivity (Wildman–Crippen MR) is 114 cm³/mol. The predicted octanol–water partition coefficient (Wildman–Crippen LogP) is 2.18. The first-order chi connectivity index (χ1) is 13.3. The van der Waals surface area contributed by atoms with Gasteiger partial charge >= 0.3 is 0 Å². The van der Waals surface area contributed by atoms with Gasteiger partial charge < -0.3 is 15.2 Å². The van der Waals surface area contributed by atoms with E-state index in [-0.39, 0.29) is 34.6 Å². The summed E-state index contributed by atoms with van der Waals surface area (Å²) in [6, 6.07) is 9.54. The zero-order valence-corrected chi connectivity index (χ0v) is 18.3. The molecule has 2 aromatic rings. The maximum Gasteiger partial charge on any atom is 0.273 e. The third kappa shape index (κ3) is 5.63. The number of rotatable bonds is 10. The lowest BCUT2D eigenvalue weighted by Crippen LogP contribution is -2.43. The highest BCUT2D eigenvalue weighted by Crippen LogP contribution is 2.26. The van der Waals surface area contributed by atoms with Crippen LogP contribution in [0.4, 0.5) is 5.69 Å². The Labute approximate surface area is 173 Å². The van der Waals surface area contributed by atoms with Crippen LogP contribution in [0.2, 0.25) is 0 Å². The summed E-state index contributed by atoms with van der Waals surface area (Å²) in [4.78, 5) is 12.0. The van der Waals surface area contributed by atoms with Crippen molar-refractivity contribution in [2.45, 2.75) is 22.4 Å². The number of sulfonamides is 1. The largest absolute Gasteiger partial charge is 0.484 e. The van der Waals surface area contributed by atoms with E-state index >= 15 is 0 Å². The molecule has 28 heavy (non-hydrogen) atoms. The van der Waals surface area contributed by atoms with Crippen molar-refractivity contribution >= 4 is 44.7 Å². The highest BCUT2D eigenvalue weighted by atomic mass is 32.2. The monoisotopic (exact) mass is 444 g/mol. The van der Waals surface area contributed by atoms with Gasteiger partial charge in [-0.05, 0) is 48.9 Å². The van der Waals surface area contributed by atoms with E-state index in [1.807, 2.05) is 13.2 Å². The van der Waals surface area contributed by atoms with Crippen LogP contribution >= 0.6 is 23.1 Å². The van der Waals surface area contributed by atoms with Crippen molar-refractivity contribution in [3.05, 3.63) is 41.8 Å². The fourth-order valence-electron chi connectivity index (χ4n) is 2.41. The highest BCUT2D eigenvalue weighted by Gasteiger charge is 2.22. The molecular weight excluding hydrogens is 420 g/mol. The molecule has 0 unspecified atom stereocenters. The zero-order chi connectivity index (χ0) is 20.7. The summed E-state index contributed by atoms with van der Waals surface area (Å²) in [5.41, 5.74) is 0.490. The number of hydrogen-bond acceptors (Lipinski definition) is 7. The molecule has 0 saturated heterocycles. The number of nitrogens with zero attached hydrogens (tertiary/aromatic N) is 1. The molecule has 0 radical (unpaired) electrons. The summed E-state index contributed by atoms with van der Waals surface area (Å²) >= 11 is 2.64. The van der Waals surface area contributed by atoms with Gasteiger partial charge in [0, 0.05) is 18.3 Å². The van der Waals surface area contributed by atoms with Gasteiger partial charge in [-0.3, -0.25) is 9.10 Å². The highest BCUT2D eigenvalue weighted by molar-refractivity contribution is 7.99. The Kier molecular flexibility index (Phi) is 8.17. The van der Waals surface area contributed by atoms with Crippen molar-refractivity contribution in [2.75, 3.05) is 30.8 Å². The standard InChI is InChI=1S/C18H24N2O5S3/c1-13(16(11-21)26-3)19-17(22)12-25-15-8-6-14(7-9-15)20(2)28(23,24)18-5-4-10-27-18/h4-10,13,16,21H,11-12H2,1-3H3,(H,19,22)/t13-,16+/m1/s1. The van der Waals surface area contributed by atoms with Crippen LogP contribution in [0.5, 0.6) is 5.75 Å². The second-order valence-electron chi connectivity index (χ2n) is 6.00. The summed E-state index contributed by atoms with van der Waals surface area (Å²) in [5, 5.41) is 13.7. The molecule has 2 rings (SSSR count). The average molecular weight is 445 g/mol. The number of aliphatic hydroxyl groups is 1. The third-order valence-corrected chi connectivity index (χ3v) is 8.43. The summed E-state index contributed by atoms with van der Waals surface area (Å²) in [7, 11) is -2.10. The Bertz CT molecular complexity index is 850. The molecular formula is C18H24N2O5S3. The Morgan fingerprint density at radius 2 is 2.00 bits per heavy atom. The summed E-state index contributed by atoms with van der Waals surface area (Å²) in [6.07, 6.45) is 1.87. The van der Waals surface area contributed by atoms with Crippen molar-refractivity contribution < 1.29 is 23.1 Å². The third-order valence-electron chi connectivity index (χ3n) is 4.11. The average Bonchev–Trinajstić information content (AvgIpc) is 3.23. The number of carbonyl (C=O) groups excluding carboxylic acids is 1. The SMILES string of the molecule is CS[C@@H](CO)[C@@H](C)NC(=O)COc1ccc(N(C)S(=O)(=O)c2cccs2)cc1. The lowest BCUT2D eigenvalue weighted by Gasteiger charge is -2.21. The van der Waals surface area contributed by atoms with Gasteiger partial charge in [-0.15, -0.1) is 11.3 Å². The molecule has 7 nitrogen and oxygen atoms in total. The maximum absolute atomic E-state index is 12.5. The number of aliphatic hydroxyl groups excluding tert-OH is 1. The van der Waals surface area contributed by atoms with Crippen molar-refractivity contribution in [1.29, 1.82) is 0 Å². The van der Waals surface area contributed by atoms with Gasteiger partial charge in [0.15, 0.2) is 6.61 Å². The van der Waals surface area contributed by atoms with Crippen molar-refractivity contribution in [1.82, 2.24) is 5.32 Å². The molecule has 2 atom stereocenters.